The highest BCUT2D eigenvalue weighted by Crippen LogP contribution is 2.24. The lowest BCUT2D eigenvalue weighted by Gasteiger charge is -1.98. The summed E-state index contributed by atoms with van der Waals surface area (Å²) in [6, 6.07) is 0. The second-order valence-corrected chi connectivity index (χ2v) is 4.66. The largest absolute Gasteiger partial charge is 0.148 e. The minimum absolute atomic E-state index is 1.20. The van der Waals surface area contributed by atoms with Crippen molar-refractivity contribution >= 4 is 17.4 Å². The quantitative estimate of drug-likeness (QED) is 0.650. The highest BCUT2D eigenvalue weighted by molar-refractivity contribution is 7.10. The number of aryl methyl sites for hydroxylation is 2. The third-order valence-electron chi connectivity index (χ3n) is 2.32. The molecule has 0 N–H and O–H groups in total. The molecule has 1 rings (SSSR count). The zero-order valence-electron chi connectivity index (χ0n) is 9.47. The number of hydrogen-bond donors (Lipinski definition) is 0. The fourth-order valence-electron chi connectivity index (χ4n) is 1.52. The van der Waals surface area contributed by atoms with E-state index in [0.29, 0.717) is 0 Å². The van der Waals surface area contributed by atoms with Gasteiger partial charge in [0.15, 0.2) is 0 Å². The Morgan fingerprint density at radius 3 is 2.71 bits per heavy atom. The predicted molar refractivity (Wildman–Crippen MR) is 67.0 cm³/mol. The summed E-state index contributed by atoms with van der Waals surface area (Å²) in [5.41, 5.74) is 2.91. The van der Waals surface area contributed by atoms with Gasteiger partial charge in [0.1, 0.15) is 0 Å². The van der Waals surface area contributed by atoms with Crippen molar-refractivity contribution in [3.05, 3.63) is 27.5 Å². The molecular formula is C13H20S. The van der Waals surface area contributed by atoms with Gasteiger partial charge in [-0.3, -0.25) is 0 Å². The average Bonchev–Trinajstić information content (AvgIpc) is 2.50. The maximum Gasteiger partial charge on any atom is 0.0120 e. The lowest BCUT2D eigenvalue weighted by Crippen LogP contribution is -1.82. The molecule has 0 aromatic carbocycles. The second kappa shape index (κ2) is 6.02. The fourth-order valence-corrected chi connectivity index (χ4v) is 2.64. The topological polar surface area (TPSA) is 0 Å². The van der Waals surface area contributed by atoms with Crippen LogP contribution in [0.1, 0.15) is 49.1 Å². The van der Waals surface area contributed by atoms with Crippen molar-refractivity contribution in [2.75, 3.05) is 0 Å². The van der Waals surface area contributed by atoms with Gasteiger partial charge in [-0.25, -0.2) is 0 Å². The van der Waals surface area contributed by atoms with E-state index in [4.69, 9.17) is 0 Å². The third kappa shape index (κ3) is 2.98. The first-order valence-corrected chi connectivity index (χ1v) is 6.41. The van der Waals surface area contributed by atoms with Crippen LogP contribution in [0.15, 0.2) is 11.5 Å². The summed E-state index contributed by atoms with van der Waals surface area (Å²) in [4.78, 5) is 1.55. The molecule has 0 aliphatic rings. The standard InChI is InChI=1S/C13H20S/c1-4-6-7-9-12-11(3)10-14-13(12)8-5-2/h7,9-10H,4-6,8H2,1-3H3/b9-7-. The smallest absolute Gasteiger partial charge is 0.0120 e. The molecule has 14 heavy (non-hydrogen) atoms. The summed E-state index contributed by atoms with van der Waals surface area (Å²) >= 11 is 1.91. The minimum atomic E-state index is 1.20. The molecule has 1 aromatic rings. The SMILES string of the molecule is CCC/C=C\c1c(C)csc1CCC. The normalized spacial score (nSPS) is 11.4. The molecule has 0 unspecified atom stereocenters. The number of allylic oxidation sites excluding steroid dienone is 1. The lowest BCUT2D eigenvalue weighted by atomic mass is 10.1. The Hall–Kier alpha value is -0.560. The molecule has 0 nitrogen and oxygen atoms in total. The van der Waals surface area contributed by atoms with Crippen LogP contribution in [-0.2, 0) is 6.42 Å². The highest BCUT2D eigenvalue weighted by Gasteiger charge is 2.03. The maximum absolute atomic E-state index is 2.31. The van der Waals surface area contributed by atoms with E-state index < -0.39 is 0 Å². The van der Waals surface area contributed by atoms with E-state index in [0.717, 1.165) is 0 Å². The van der Waals surface area contributed by atoms with Gasteiger partial charge in [-0.1, -0.05) is 38.8 Å². The van der Waals surface area contributed by atoms with E-state index >= 15 is 0 Å². The van der Waals surface area contributed by atoms with Crippen LogP contribution in [0.3, 0.4) is 0 Å². The molecule has 0 radical (unpaired) electrons. The van der Waals surface area contributed by atoms with Crippen molar-refractivity contribution in [3.63, 3.8) is 0 Å². The van der Waals surface area contributed by atoms with Crippen LogP contribution < -0.4 is 0 Å². The maximum atomic E-state index is 2.31. The average molecular weight is 208 g/mol. The number of unbranched alkanes of at least 4 members (excludes halogenated alkanes) is 1. The van der Waals surface area contributed by atoms with Crippen molar-refractivity contribution < 1.29 is 0 Å². The molecule has 1 heteroatoms. The molecule has 1 heterocycles. The predicted octanol–water partition coefficient (Wildman–Crippen LogP) is 4.82. The first kappa shape index (κ1) is 11.5. The van der Waals surface area contributed by atoms with Crippen molar-refractivity contribution in [2.45, 2.75) is 46.5 Å². The number of hydrogen-bond acceptors (Lipinski definition) is 1. The summed E-state index contributed by atoms with van der Waals surface area (Å²) in [7, 11) is 0. The molecule has 0 aliphatic heterocycles. The summed E-state index contributed by atoms with van der Waals surface area (Å²) in [6.45, 7) is 6.67. The minimum Gasteiger partial charge on any atom is -0.148 e. The van der Waals surface area contributed by atoms with Gasteiger partial charge in [-0.05, 0) is 36.3 Å². The van der Waals surface area contributed by atoms with Crippen LogP contribution in [0.2, 0.25) is 0 Å². The Morgan fingerprint density at radius 2 is 2.07 bits per heavy atom. The number of rotatable bonds is 5. The number of thiophene rings is 1. The Bertz CT molecular complexity index is 294. The molecule has 0 atom stereocenters. The second-order valence-electron chi connectivity index (χ2n) is 3.70. The van der Waals surface area contributed by atoms with Crippen LogP contribution in [0, 0.1) is 6.92 Å². The van der Waals surface area contributed by atoms with Crippen molar-refractivity contribution in [2.24, 2.45) is 0 Å². The molecule has 0 amide bonds. The van der Waals surface area contributed by atoms with Crippen LogP contribution in [0.25, 0.3) is 6.08 Å². The molecule has 1 aromatic heterocycles. The van der Waals surface area contributed by atoms with Gasteiger partial charge >= 0.3 is 0 Å². The summed E-state index contributed by atoms with van der Waals surface area (Å²) in [5, 5.41) is 2.27. The summed E-state index contributed by atoms with van der Waals surface area (Å²) in [5.74, 6) is 0. The third-order valence-corrected chi connectivity index (χ3v) is 3.50. The van der Waals surface area contributed by atoms with Crippen LogP contribution >= 0.6 is 11.3 Å². The Morgan fingerprint density at radius 1 is 1.29 bits per heavy atom. The van der Waals surface area contributed by atoms with E-state index in [9.17, 15) is 0 Å². The molecule has 0 spiro atoms. The van der Waals surface area contributed by atoms with Gasteiger partial charge in [0.2, 0.25) is 0 Å². The van der Waals surface area contributed by atoms with E-state index in [-0.39, 0.29) is 0 Å². The summed E-state index contributed by atoms with van der Waals surface area (Å²) in [6.07, 6.45) is 9.51. The van der Waals surface area contributed by atoms with E-state index in [2.05, 4.69) is 38.3 Å². The van der Waals surface area contributed by atoms with Crippen LogP contribution in [-0.4, -0.2) is 0 Å². The van der Waals surface area contributed by atoms with Crippen LogP contribution in [0.4, 0.5) is 0 Å². The molecule has 0 aliphatic carbocycles. The van der Waals surface area contributed by atoms with Gasteiger partial charge in [-0.2, -0.15) is 0 Å². The Kier molecular flexibility index (Phi) is 4.95. The van der Waals surface area contributed by atoms with Gasteiger partial charge in [0, 0.05) is 4.88 Å². The van der Waals surface area contributed by atoms with Gasteiger partial charge < -0.3 is 0 Å². The van der Waals surface area contributed by atoms with E-state index in [1.54, 1.807) is 4.88 Å². The van der Waals surface area contributed by atoms with Crippen molar-refractivity contribution in [1.29, 1.82) is 0 Å². The molecule has 0 bridgehead atoms. The zero-order valence-corrected chi connectivity index (χ0v) is 10.3. The van der Waals surface area contributed by atoms with Crippen LogP contribution in [0.5, 0.6) is 0 Å². The molecule has 0 saturated carbocycles. The lowest BCUT2D eigenvalue weighted by molar-refractivity contribution is 0.936. The fraction of sp³-hybridized carbons (Fsp3) is 0.538. The molecular weight excluding hydrogens is 188 g/mol. The van der Waals surface area contributed by atoms with Gasteiger partial charge in [-0.15, -0.1) is 11.3 Å². The Labute approximate surface area is 91.7 Å². The van der Waals surface area contributed by atoms with E-state index in [1.165, 1.54) is 36.8 Å². The first-order chi connectivity index (χ1) is 6.79. The van der Waals surface area contributed by atoms with Crippen molar-refractivity contribution in [3.8, 4) is 0 Å². The summed E-state index contributed by atoms with van der Waals surface area (Å²) < 4.78 is 0. The van der Waals surface area contributed by atoms with Crippen molar-refractivity contribution in [1.82, 2.24) is 0 Å². The highest BCUT2D eigenvalue weighted by atomic mass is 32.1. The van der Waals surface area contributed by atoms with E-state index in [1.807, 2.05) is 11.3 Å². The molecule has 0 saturated heterocycles. The first-order valence-electron chi connectivity index (χ1n) is 5.53. The molecule has 78 valence electrons. The Balaban J connectivity index is 2.76. The van der Waals surface area contributed by atoms with Gasteiger partial charge in [0.25, 0.3) is 0 Å². The molecule has 0 fully saturated rings. The zero-order chi connectivity index (χ0) is 10.4. The monoisotopic (exact) mass is 208 g/mol. The van der Waals surface area contributed by atoms with Gasteiger partial charge in [0.05, 0.1) is 0 Å².